The third kappa shape index (κ3) is 4.98. The number of nitrogens with one attached hydrogen (secondary N) is 3. The molecular weight excluding hydrogens is 398 g/mol. The molecule has 1 fully saturated rings. The fourth-order valence-corrected chi connectivity index (χ4v) is 3.93. The Morgan fingerprint density at radius 1 is 1.00 bits per heavy atom. The van der Waals surface area contributed by atoms with Crippen molar-refractivity contribution in [3.05, 3.63) is 53.1 Å². The minimum atomic E-state index is -0.671. The predicted octanol–water partition coefficient (Wildman–Crippen LogP) is 0.743. The van der Waals surface area contributed by atoms with Gasteiger partial charge in [0, 0.05) is 11.3 Å². The highest BCUT2D eigenvalue weighted by Gasteiger charge is 2.29. The molecule has 31 heavy (non-hydrogen) atoms. The minimum Gasteiger partial charge on any atom is -0.454 e. The summed E-state index contributed by atoms with van der Waals surface area (Å²) >= 11 is 0. The van der Waals surface area contributed by atoms with Gasteiger partial charge in [0.05, 0.1) is 19.8 Å². The van der Waals surface area contributed by atoms with Gasteiger partial charge in [0.2, 0.25) is 6.79 Å². The largest absolute Gasteiger partial charge is 0.454 e. The van der Waals surface area contributed by atoms with Crippen molar-refractivity contribution in [1.82, 2.24) is 5.32 Å². The third-order valence-corrected chi connectivity index (χ3v) is 5.74. The van der Waals surface area contributed by atoms with Crippen LogP contribution in [0.5, 0.6) is 11.5 Å². The van der Waals surface area contributed by atoms with E-state index in [-0.39, 0.29) is 12.8 Å². The predicted molar refractivity (Wildman–Crippen MR) is 114 cm³/mol. The Kier molecular flexibility index (Phi) is 6.39. The highest BCUT2D eigenvalue weighted by Crippen LogP contribution is 2.33. The molecule has 0 spiro atoms. The maximum atomic E-state index is 12.5. The van der Waals surface area contributed by atoms with Crippen LogP contribution in [-0.2, 0) is 14.3 Å². The number of ether oxygens (including phenoxy) is 3. The summed E-state index contributed by atoms with van der Waals surface area (Å²) in [7, 11) is 0. The number of carbonyl (C=O) groups is 2. The zero-order valence-electron chi connectivity index (χ0n) is 17.8. The van der Waals surface area contributed by atoms with E-state index >= 15 is 0 Å². The van der Waals surface area contributed by atoms with Crippen molar-refractivity contribution in [1.29, 1.82) is 0 Å². The van der Waals surface area contributed by atoms with Gasteiger partial charge < -0.3 is 29.7 Å². The summed E-state index contributed by atoms with van der Waals surface area (Å²) in [6, 6.07) is 11.5. The van der Waals surface area contributed by atoms with Crippen LogP contribution in [0, 0.1) is 13.8 Å². The number of hydrogen-bond acceptors (Lipinski definition) is 5. The molecule has 2 aromatic rings. The van der Waals surface area contributed by atoms with Crippen LogP contribution in [0.25, 0.3) is 0 Å². The lowest BCUT2D eigenvalue weighted by Crippen LogP contribution is -3.15. The molecule has 4 rings (SSSR count). The first-order chi connectivity index (χ1) is 15.0. The monoisotopic (exact) mass is 426 g/mol. The minimum absolute atomic E-state index is 0.0316. The number of hydrogen-bond donors (Lipinski definition) is 3. The van der Waals surface area contributed by atoms with E-state index < -0.39 is 11.8 Å². The standard InChI is InChI=1S/C23H27N3O5/c1-15-3-4-16(2)18(11-15)25-23(28)22(27)24-13-19(26-7-9-29-10-8-26)17-5-6-20-21(12-17)31-14-30-20/h3-6,11-12,19H,7-10,13-14H2,1-2H3,(H,24,27)(H,25,28)/p+1/t19-/m0/s1. The lowest BCUT2D eigenvalue weighted by molar-refractivity contribution is -0.937. The van der Waals surface area contributed by atoms with Crippen molar-refractivity contribution in [3.8, 4) is 11.5 Å². The molecule has 0 bridgehead atoms. The SMILES string of the molecule is Cc1ccc(C)c(NC(=O)C(=O)NC[C@@H](c2ccc3c(c2)OCO3)[NH+]2CCOCC2)c1. The fraction of sp³-hybridized carbons (Fsp3) is 0.391. The van der Waals surface area contributed by atoms with Gasteiger partial charge in [0.15, 0.2) is 11.5 Å². The summed E-state index contributed by atoms with van der Waals surface area (Å²) in [5.74, 6) is 0.0972. The average Bonchev–Trinajstić information content (AvgIpc) is 3.25. The van der Waals surface area contributed by atoms with E-state index in [1.807, 2.05) is 50.2 Å². The van der Waals surface area contributed by atoms with Gasteiger partial charge >= 0.3 is 11.8 Å². The van der Waals surface area contributed by atoms with Crippen LogP contribution < -0.4 is 25.0 Å². The first-order valence-corrected chi connectivity index (χ1v) is 10.5. The van der Waals surface area contributed by atoms with E-state index in [1.165, 1.54) is 4.90 Å². The van der Waals surface area contributed by atoms with Crippen LogP contribution in [-0.4, -0.2) is 51.5 Å². The Morgan fingerprint density at radius 2 is 1.77 bits per heavy atom. The molecule has 8 nitrogen and oxygen atoms in total. The van der Waals surface area contributed by atoms with Gasteiger partial charge in [-0.3, -0.25) is 9.59 Å². The van der Waals surface area contributed by atoms with Gasteiger partial charge in [-0.2, -0.15) is 0 Å². The van der Waals surface area contributed by atoms with E-state index in [2.05, 4.69) is 10.6 Å². The maximum absolute atomic E-state index is 12.5. The maximum Gasteiger partial charge on any atom is 0.313 e. The molecule has 2 heterocycles. The van der Waals surface area contributed by atoms with E-state index in [1.54, 1.807) is 0 Å². The molecule has 0 radical (unpaired) electrons. The number of rotatable bonds is 5. The zero-order valence-corrected chi connectivity index (χ0v) is 17.8. The summed E-state index contributed by atoms with van der Waals surface area (Å²) in [5, 5.41) is 5.53. The smallest absolute Gasteiger partial charge is 0.313 e. The lowest BCUT2D eigenvalue weighted by Gasteiger charge is -2.32. The van der Waals surface area contributed by atoms with Crippen LogP contribution in [0.4, 0.5) is 5.69 Å². The summed E-state index contributed by atoms with van der Waals surface area (Å²) in [6.45, 7) is 7.35. The Balaban J connectivity index is 1.44. The second-order valence-electron chi connectivity index (χ2n) is 7.92. The van der Waals surface area contributed by atoms with Crippen molar-refractivity contribution in [2.24, 2.45) is 0 Å². The number of anilines is 1. The van der Waals surface area contributed by atoms with Gasteiger partial charge in [0.1, 0.15) is 19.1 Å². The number of morpholine rings is 1. The number of quaternary nitrogens is 1. The Hall–Kier alpha value is -3.10. The number of aryl methyl sites for hydroxylation is 2. The summed E-state index contributed by atoms with van der Waals surface area (Å²) in [4.78, 5) is 26.3. The highest BCUT2D eigenvalue weighted by molar-refractivity contribution is 6.39. The molecule has 8 heteroatoms. The number of benzene rings is 2. The second kappa shape index (κ2) is 9.36. The first kappa shape index (κ1) is 21.1. The van der Waals surface area contributed by atoms with Crippen molar-refractivity contribution in [2.45, 2.75) is 19.9 Å². The molecule has 3 N–H and O–H groups in total. The summed E-state index contributed by atoms with van der Waals surface area (Å²) < 4.78 is 16.4. The van der Waals surface area contributed by atoms with E-state index in [4.69, 9.17) is 14.2 Å². The van der Waals surface area contributed by atoms with Gasteiger partial charge in [-0.1, -0.05) is 12.1 Å². The van der Waals surface area contributed by atoms with Crippen molar-refractivity contribution in [2.75, 3.05) is 45.0 Å². The Morgan fingerprint density at radius 3 is 2.58 bits per heavy atom. The molecule has 2 aromatic carbocycles. The molecule has 0 aliphatic carbocycles. The molecule has 2 aliphatic rings. The quantitative estimate of drug-likeness (QED) is 0.614. The van der Waals surface area contributed by atoms with E-state index in [0.29, 0.717) is 31.2 Å². The second-order valence-corrected chi connectivity index (χ2v) is 7.92. The molecule has 2 amide bonds. The summed E-state index contributed by atoms with van der Waals surface area (Å²) in [6.07, 6.45) is 0. The normalized spacial score (nSPS) is 16.6. The van der Waals surface area contributed by atoms with Crippen LogP contribution in [0.3, 0.4) is 0 Å². The molecule has 0 aromatic heterocycles. The third-order valence-electron chi connectivity index (χ3n) is 5.74. The van der Waals surface area contributed by atoms with Crippen molar-refractivity contribution in [3.63, 3.8) is 0 Å². The highest BCUT2D eigenvalue weighted by atomic mass is 16.7. The van der Waals surface area contributed by atoms with Gasteiger partial charge in [-0.15, -0.1) is 0 Å². The van der Waals surface area contributed by atoms with Gasteiger partial charge in [-0.25, -0.2) is 0 Å². The molecule has 2 aliphatic heterocycles. The first-order valence-electron chi connectivity index (χ1n) is 10.5. The zero-order chi connectivity index (χ0) is 21.8. The molecular formula is C23H28N3O5+. The number of amides is 2. The fourth-order valence-electron chi connectivity index (χ4n) is 3.93. The van der Waals surface area contributed by atoms with Crippen molar-refractivity contribution < 1.29 is 28.7 Å². The average molecular weight is 426 g/mol. The molecule has 0 unspecified atom stereocenters. The molecule has 1 saturated heterocycles. The van der Waals surface area contributed by atoms with Crippen LogP contribution in [0.2, 0.25) is 0 Å². The van der Waals surface area contributed by atoms with Gasteiger partial charge in [-0.05, 0) is 49.2 Å². The molecule has 164 valence electrons. The summed E-state index contributed by atoms with van der Waals surface area (Å²) in [5.41, 5.74) is 3.59. The number of carbonyl (C=O) groups excluding carboxylic acids is 2. The Bertz CT molecular complexity index is 972. The van der Waals surface area contributed by atoms with E-state index in [0.717, 1.165) is 35.5 Å². The molecule has 0 saturated carbocycles. The lowest BCUT2D eigenvalue weighted by atomic mass is 10.0. The van der Waals surface area contributed by atoms with Crippen LogP contribution >= 0.6 is 0 Å². The topological polar surface area (TPSA) is 90.3 Å². The van der Waals surface area contributed by atoms with Crippen molar-refractivity contribution >= 4 is 17.5 Å². The molecule has 1 atom stereocenters. The van der Waals surface area contributed by atoms with Crippen LogP contribution in [0.15, 0.2) is 36.4 Å². The Labute approximate surface area is 181 Å². The van der Waals surface area contributed by atoms with E-state index in [9.17, 15) is 9.59 Å². The van der Waals surface area contributed by atoms with Crippen LogP contribution in [0.1, 0.15) is 22.7 Å². The number of fused-ring (bicyclic) bond motifs is 1. The van der Waals surface area contributed by atoms with Gasteiger partial charge in [0.25, 0.3) is 0 Å².